The minimum atomic E-state index is -0.675. The molecule has 0 aromatic carbocycles. The first-order valence-corrected chi connectivity index (χ1v) is 11.5. The number of hydrogen-bond donors (Lipinski definition) is 1. The summed E-state index contributed by atoms with van der Waals surface area (Å²) in [5, 5.41) is 8.21. The molecule has 29 heavy (non-hydrogen) atoms. The third-order valence-electron chi connectivity index (χ3n) is 4.28. The van der Waals surface area contributed by atoms with Gasteiger partial charge >= 0.3 is 17.9 Å². The molecule has 0 atom stereocenters. The molecule has 6 nitrogen and oxygen atoms in total. The van der Waals surface area contributed by atoms with E-state index in [0.717, 1.165) is 70.6 Å². The van der Waals surface area contributed by atoms with Crippen LogP contribution in [0, 0.1) is 0 Å². The molecule has 0 aromatic heterocycles. The Morgan fingerprint density at radius 3 is 1.31 bits per heavy atom. The van der Waals surface area contributed by atoms with Crippen molar-refractivity contribution in [3.8, 4) is 0 Å². The highest BCUT2D eigenvalue weighted by Gasteiger charge is 2.04. The van der Waals surface area contributed by atoms with Gasteiger partial charge in [0, 0.05) is 19.3 Å². The summed E-state index contributed by atoms with van der Waals surface area (Å²) >= 11 is 0. The number of hydrogen-bond acceptors (Lipinski definition) is 5. The van der Waals surface area contributed by atoms with E-state index in [1.807, 2.05) is 0 Å². The molecule has 6 heteroatoms. The van der Waals surface area contributed by atoms with Gasteiger partial charge in [0.15, 0.2) is 0 Å². The third-order valence-corrected chi connectivity index (χ3v) is 4.28. The summed E-state index contributed by atoms with van der Waals surface area (Å²) < 4.78 is 10.1. The Balaban J connectivity index is 0. The highest BCUT2D eigenvalue weighted by Crippen LogP contribution is 2.07. The molecule has 0 fully saturated rings. The van der Waals surface area contributed by atoms with Gasteiger partial charge in [0.1, 0.15) is 0 Å². The zero-order valence-corrected chi connectivity index (χ0v) is 19.0. The molecule has 0 heterocycles. The number of carbonyl (C=O) groups is 3. The SMILES string of the molecule is CCCCCCC(=O)O.CCCCOC(=O)CCCCCCC(=O)OCCCC. The van der Waals surface area contributed by atoms with Gasteiger partial charge in [-0.3, -0.25) is 14.4 Å². The Bertz CT molecular complexity index is 369. The average Bonchev–Trinajstić information content (AvgIpc) is 2.69. The zero-order chi connectivity index (χ0) is 22.2. The highest BCUT2D eigenvalue weighted by atomic mass is 16.5. The Morgan fingerprint density at radius 2 is 0.931 bits per heavy atom. The number of carboxylic acid groups (broad SMARTS) is 1. The highest BCUT2D eigenvalue weighted by molar-refractivity contribution is 5.69. The predicted molar refractivity (Wildman–Crippen MR) is 116 cm³/mol. The molecule has 0 radical (unpaired) electrons. The number of esters is 2. The molecule has 0 spiro atoms. The summed E-state index contributed by atoms with van der Waals surface area (Å²) in [6.45, 7) is 7.33. The minimum Gasteiger partial charge on any atom is -0.481 e. The Kier molecular flexibility index (Phi) is 25.0. The van der Waals surface area contributed by atoms with Crippen LogP contribution in [-0.2, 0) is 23.9 Å². The number of ether oxygens (including phenoxy) is 2. The van der Waals surface area contributed by atoms with Gasteiger partial charge in [-0.2, -0.15) is 0 Å². The van der Waals surface area contributed by atoms with Gasteiger partial charge in [-0.15, -0.1) is 0 Å². The molecule has 0 saturated carbocycles. The van der Waals surface area contributed by atoms with Crippen molar-refractivity contribution < 1.29 is 29.0 Å². The van der Waals surface area contributed by atoms with Crippen LogP contribution in [0.5, 0.6) is 0 Å². The van der Waals surface area contributed by atoms with Crippen LogP contribution < -0.4 is 0 Å². The van der Waals surface area contributed by atoms with Crippen LogP contribution in [0.4, 0.5) is 0 Å². The van der Waals surface area contributed by atoms with Crippen LogP contribution >= 0.6 is 0 Å². The summed E-state index contributed by atoms with van der Waals surface area (Å²) in [7, 11) is 0. The summed E-state index contributed by atoms with van der Waals surface area (Å²) in [5.74, 6) is -0.874. The van der Waals surface area contributed by atoms with Crippen molar-refractivity contribution in [2.24, 2.45) is 0 Å². The molecule has 172 valence electrons. The van der Waals surface area contributed by atoms with E-state index in [1.165, 1.54) is 6.42 Å². The van der Waals surface area contributed by atoms with Crippen LogP contribution in [0.1, 0.15) is 117 Å². The lowest BCUT2D eigenvalue weighted by Crippen LogP contribution is -2.06. The molecular weight excluding hydrogens is 372 g/mol. The Labute approximate surface area is 177 Å². The average molecular weight is 417 g/mol. The lowest BCUT2D eigenvalue weighted by Gasteiger charge is -2.05. The van der Waals surface area contributed by atoms with Crippen molar-refractivity contribution >= 4 is 17.9 Å². The van der Waals surface area contributed by atoms with Gasteiger partial charge in [-0.1, -0.05) is 65.7 Å². The zero-order valence-electron chi connectivity index (χ0n) is 19.0. The molecule has 0 bridgehead atoms. The lowest BCUT2D eigenvalue weighted by atomic mass is 10.1. The summed E-state index contributed by atoms with van der Waals surface area (Å²) in [4.78, 5) is 32.6. The van der Waals surface area contributed by atoms with Crippen LogP contribution in [0.2, 0.25) is 0 Å². The maximum atomic E-state index is 11.3. The number of carboxylic acids is 1. The fourth-order valence-electron chi connectivity index (χ4n) is 2.40. The molecule has 0 saturated heterocycles. The Hall–Kier alpha value is -1.59. The second-order valence-corrected chi connectivity index (χ2v) is 7.27. The molecule has 0 aliphatic carbocycles. The van der Waals surface area contributed by atoms with Gasteiger partial charge < -0.3 is 14.6 Å². The lowest BCUT2D eigenvalue weighted by molar-refractivity contribution is -0.145. The minimum absolute atomic E-state index is 0.0996. The van der Waals surface area contributed by atoms with Crippen molar-refractivity contribution in [2.75, 3.05) is 13.2 Å². The van der Waals surface area contributed by atoms with E-state index in [-0.39, 0.29) is 11.9 Å². The van der Waals surface area contributed by atoms with Crippen LogP contribution in [0.15, 0.2) is 0 Å². The van der Waals surface area contributed by atoms with E-state index in [9.17, 15) is 14.4 Å². The summed E-state index contributed by atoms with van der Waals surface area (Å²) in [6.07, 6.45) is 13.1. The van der Waals surface area contributed by atoms with Gasteiger partial charge in [-0.25, -0.2) is 0 Å². The van der Waals surface area contributed by atoms with Gasteiger partial charge in [-0.05, 0) is 32.1 Å². The standard InChI is InChI=1S/C16H30O4.C7H14O2/c1-3-5-13-19-15(17)11-9-7-8-10-12-16(18)20-14-6-4-2;1-2-3-4-5-6-7(8)9/h3-14H2,1-2H3;2-6H2,1H3,(H,8,9). The maximum Gasteiger partial charge on any atom is 0.305 e. The first kappa shape index (κ1) is 29.6. The monoisotopic (exact) mass is 416 g/mol. The molecule has 0 aliphatic rings. The van der Waals surface area contributed by atoms with E-state index in [0.29, 0.717) is 32.5 Å². The molecule has 0 aromatic rings. The van der Waals surface area contributed by atoms with Crippen LogP contribution in [0.3, 0.4) is 0 Å². The molecule has 1 N–H and O–H groups in total. The molecule has 0 amide bonds. The van der Waals surface area contributed by atoms with Gasteiger partial charge in [0.2, 0.25) is 0 Å². The fourth-order valence-corrected chi connectivity index (χ4v) is 2.40. The topological polar surface area (TPSA) is 89.9 Å². The number of carbonyl (C=O) groups excluding carboxylic acids is 2. The van der Waals surface area contributed by atoms with Crippen LogP contribution in [0.25, 0.3) is 0 Å². The number of rotatable bonds is 18. The second kappa shape index (κ2) is 24.4. The quantitative estimate of drug-likeness (QED) is 0.216. The third kappa shape index (κ3) is 28.7. The number of aliphatic carboxylic acids is 1. The fraction of sp³-hybridized carbons (Fsp3) is 0.870. The van der Waals surface area contributed by atoms with E-state index in [4.69, 9.17) is 14.6 Å². The smallest absolute Gasteiger partial charge is 0.305 e. The second-order valence-electron chi connectivity index (χ2n) is 7.27. The van der Waals surface area contributed by atoms with E-state index >= 15 is 0 Å². The Morgan fingerprint density at radius 1 is 0.552 bits per heavy atom. The molecular formula is C23H44O6. The van der Waals surface area contributed by atoms with Crippen LogP contribution in [-0.4, -0.2) is 36.2 Å². The van der Waals surface area contributed by atoms with Gasteiger partial charge in [0.05, 0.1) is 13.2 Å². The normalized spacial score (nSPS) is 10.0. The maximum absolute atomic E-state index is 11.3. The van der Waals surface area contributed by atoms with Gasteiger partial charge in [0.25, 0.3) is 0 Å². The number of unbranched alkanes of at least 4 members (excludes halogenated alkanes) is 8. The first-order chi connectivity index (χ1) is 14.0. The van der Waals surface area contributed by atoms with Crippen molar-refractivity contribution in [3.05, 3.63) is 0 Å². The molecule has 0 unspecified atom stereocenters. The van der Waals surface area contributed by atoms with E-state index in [2.05, 4.69) is 20.8 Å². The van der Waals surface area contributed by atoms with Crippen molar-refractivity contribution in [3.63, 3.8) is 0 Å². The summed E-state index contributed by atoms with van der Waals surface area (Å²) in [6, 6.07) is 0. The van der Waals surface area contributed by atoms with Crippen molar-refractivity contribution in [1.29, 1.82) is 0 Å². The summed E-state index contributed by atoms with van der Waals surface area (Å²) in [5.41, 5.74) is 0. The first-order valence-electron chi connectivity index (χ1n) is 11.5. The largest absolute Gasteiger partial charge is 0.481 e. The van der Waals surface area contributed by atoms with Crippen molar-refractivity contribution in [2.45, 2.75) is 117 Å². The van der Waals surface area contributed by atoms with E-state index in [1.54, 1.807) is 0 Å². The molecule has 0 aliphatic heterocycles. The molecule has 0 rings (SSSR count). The predicted octanol–water partition coefficient (Wildman–Crippen LogP) is 6.06. The van der Waals surface area contributed by atoms with E-state index < -0.39 is 5.97 Å². The van der Waals surface area contributed by atoms with Crippen molar-refractivity contribution in [1.82, 2.24) is 0 Å².